The van der Waals surface area contributed by atoms with Crippen LogP contribution in [0.5, 0.6) is 0 Å². The molecule has 11 rings (SSSR count). The molecule has 0 N–H and O–H groups in total. The molecular formula is C42H26N3S+. The number of allylic oxidation sites excluding steroid dienone is 4. The van der Waals surface area contributed by atoms with Crippen molar-refractivity contribution in [3.8, 4) is 5.69 Å². The third kappa shape index (κ3) is 3.09. The molecule has 3 nitrogen and oxygen atoms in total. The van der Waals surface area contributed by atoms with Crippen LogP contribution in [-0.4, -0.2) is 14.8 Å². The maximum absolute atomic E-state index is 2.62. The van der Waals surface area contributed by atoms with Crippen LogP contribution in [-0.2, 0) is 0 Å². The molecule has 0 fully saturated rings. The topological polar surface area (TPSA) is 12.9 Å². The van der Waals surface area contributed by atoms with Crippen molar-refractivity contribution in [3.05, 3.63) is 152 Å². The van der Waals surface area contributed by atoms with Gasteiger partial charge in [0, 0.05) is 71.7 Å². The van der Waals surface area contributed by atoms with Gasteiger partial charge >= 0.3 is 0 Å². The Morgan fingerprint density at radius 3 is 2.20 bits per heavy atom. The van der Waals surface area contributed by atoms with E-state index in [1.807, 2.05) is 11.3 Å². The molecule has 2 aliphatic rings. The molecule has 0 spiro atoms. The van der Waals surface area contributed by atoms with E-state index in [2.05, 4.69) is 165 Å². The van der Waals surface area contributed by atoms with E-state index in [-0.39, 0.29) is 6.04 Å². The summed E-state index contributed by atoms with van der Waals surface area (Å²) in [5.41, 5.74) is 9.90. The first kappa shape index (κ1) is 24.6. The molecule has 9 aromatic rings. The molecule has 214 valence electrons. The van der Waals surface area contributed by atoms with E-state index in [1.54, 1.807) is 0 Å². The standard InChI is InChI=1S/C42H26N3S/c1-2-11-26(12-3-1)44-34-16-6-4-13-28(34)31-22-23-32-30-15-10-19-37-40(30)45(42(32)41(31)44)36-18-8-7-17-35(36)43(37)27-21-24-39-33(25-27)29-14-5-9-20-38(29)46-39/h1-25,36H/q+1. The third-order valence-electron chi connectivity index (χ3n) is 9.98. The Labute approximate surface area is 268 Å². The van der Waals surface area contributed by atoms with Gasteiger partial charge in [-0.3, -0.25) is 0 Å². The summed E-state index contributed by atoms with van der Waals surface area (Å²) in [6, 6.07) is 47.0. The van der Waals surface area contributed by atoms with E-state index in [4.69, 9.17) is 0 Å². The van der Waals surface area contributed by atoms with Crippen LogP contribution in [0.15, 0.2) is 152 Å². The summed E-state index contributed by atoms with van der Waals surface area (Å²) >= 11 is 1.87. The molecule has 6 aromatic carbocycles. The summed E-state index contributed by atoms with van der Waals surface area (Å²) in [5, 5.41) is 7.77. The van der Waals surface area contributed by atoms with Crippen LogP contribution in [0.3, 0.4) is 0 Å². The minimum atomic E-state index is 0.0441. The lowest BCUT2D eigenvalue weighted by atomic mass is 10.0. The van der Waals surface area contributed by atoms with Crippen molar-refractivity contribution in [3.63, 3.8) is 0 Å². The number of thiophene rings is 1. The van der Waals surface area contributed by atoms with Gasteiger partial charge in [-0.05, 0) is 30.3 Å². The van der Waals surface area contributed by atoms with Gasteiger partial charge in [0.2, 0.25) is 17.1 Å². The van der Waals surface area contributed by atoms with Crippen LogP contribution in [0.25, 0.3) is 69.5 Å². The lowest BCUT2D eigenvalue weighted by Crippen LogP contribution is -2.30. The average molecular weight is 605 g/mol. The molecule has 0 amide bonds. The SMILES string of the molecule is C1=CC2=[N+](c3ccc4sc5ccccc5c4c3)c3cccc4c5ccc6c7ccccc7n(-c7ccccc7)c6c5n(c34)C2C=C1. The Hall–Kier alpha value is -5.71. The summed E-state index contributed by atoms with van der Waals surface area (Å²) in [7, 11) is 0. The van der Waals surface area contributed by atoms with Gasteiger partial charge in [-0.25, -0.2) is 0 Å². The van der Waals surface area contributed by atoms with Crippen molar-refractivity contribution in [1.82, 2.24) is 13.7 Å². The minimum Gasteiger partial charge on any atom is -0.316 e. The monoisotopic (exact) mass is 604 g/mol. The van der Waals surface area contributed by atoms with Crippen LogP contribution in [0.2, 0.25) is 0 Å². The fraction of sp³-hybridized carbons (Fsp3) is 0.0238. The van der Waals surface area contributed by atoms with Gasteiger partial charge in [-0.2, -0.15) is 4.58 Å². The molecular weight excluding hydrogens is 579 g/mol. The average Bonchev–Trinajstić information content (AvgIpc) is 3.77. The Bertz CT molecular complexity index is 2860. The van der Waals surface area contributed by atoms with E-state index in [1.165, 1.54) is 86.6 Å². The van der Waals surface area contributed by atoms with Crippen LogP contribution in [0.4, 0.5) is 11.4 Å². The van der Waals surface area contributed by atoms with Gasteiger partial charge < -0.3 is 9.13 Å². The van der Waals surface area contributed by atoms with Crippen LogP contribution in [0, 0.1) is 0 Å². The Balaban J connectivity index is 1.29. The molecule has 1 aliphatic heterocycles. The summed E-state index contributed by atoms with van der Waals surface area (Å²) in [4.78, 5) is 0. The fourth-order valence-electron chi connectivity index (χ4n) is 8.15. The molecule has 1 aliphatic carbocycles. The highest BCUT2D eigenvalue weighted by Gasteiger charge is 2.38. The summed E-state index contributed by atoms with van der Waals surface area (Å²) in [5.74, 6) is 0. The summed E-state index contributed by atoms with van der Waals surface area (Å²) in [6.45, 7) is 0. The van der Waals surface area contributed by atoms with Crippen molar-refractivity contribution in [2.45, 2.75) is 6.04 Å². The molecule has 1 atom stereocenters. The van der Waals surface area contributed by atoms with Gasteiger partial charge in [-0.1, -0.05) is 97.1 Å². The summed E-state index contributed by atoms with van der Waals surface area (Å²) in [6.07, 6.45) is 9.07. The maximum atomic E-state index is 2.62. The van der Waals surface area contributed by atoms with Crippen molar-refractivity contribution >= 4 is 92.2 Å². The van der Waals surface area contributed by atoms with Crippen molar-refractivity contribution in [2.75, 3.05) is 0 Å². The van der Waals surface area contributed by atoms with Crippen LogP contribution >= 0.6 is 11.3 Å². The van der Waals surface area contributed by atoms with Crippen LogP contribution < -0.4 is 4.58 Å². The number of para-hydroxylation sites is 3. The maximum Gasteiger partial charge on any atom is 0.235 e. The van der Waals surface area contributed by atoms with Crippen molar-refractivity contribution < 1.29 is 0 Å². The number of hydrogen-bond donors (Lipinski definition) is 0. The van der Waals surface area contributed by atoms with Gasteiger partial charge in [0.1, 0.15) is 11.6 Å². The smallest absolute Gasteiger partial charge is 0.235 e. The lowest BCUT2D eigenvalue weighted by molar-refractivity contribution is 0.782. The molecule has 46 heavy (non-hydrogen) atoms. The van der Waals surface area contributed by atoms with Crippen molar-refractivity contribution in [2.24, 2.45) is 0 Å². The number of benzene rings is 6. The minimum absolute atomic E-state index is 0.0441. The van der Waals surface area contributed by atoms with E-state index < -0.39 is 0 Å². The first-order valence-electron chi connectivity index (χ1n) is 15.8. The number of hydrogen-bond acceptors (Lipinski definition) is 1. The molecule has 4 heterocycles. The highest BCUT2D eigenvalue weighted by atomic mass is 32.1. The van der Waals surface area contributed by atoms with Gasteiger partial charge in [0.05, 0.1) is 16.6 Å². The van der Waals surface area contributed by atoms with E-state index in [0.717, 1.165) is 0 Å². The largest absolute Gasteiger partial charge is 0.316 e. The predicted molar refractivity (Wildman–Crippen MR) is 197 cm³/mol. The Kier molecular flexibility index (Phi) is 4.78. The normalized spacial score (nSPS) is 15.8. The van der Waals surface area contributed by atoms with Gasteiger partial charge in [-0.15, -0.1) is 11.3 Å². The number of aromatic nitrogens is 2. The third-order valence-corrected chi connectivity index (χ3v) is 11.1. The molecule has 0 radical (unpaired) electrons. The zero-order chi connectivity index (χ0) is 29.9. The molecule has 4 heteroatoms. The first-order valence-corrected chi connectivity index (χ1v) is 16.6. The van der Waals surface area contributed by atoms with Crippen LogP contribution in [0.1, 0.15) is 6.04 Å². The quantitative estimate of drug-likeness (QED) is 0.174. The highest BCUT2D eigenvalue weighted by molar-refractivity contribution is 7.25. The van der Waals surface area contributed by atoms with E-state index >= 15 is 0 Å². The van der Waals surface area contributed by atoms with E-state index in [9.17, 15) is 0 Å². The summed E-state index contributed by atoms with van der Waals surface area (Å²) < 4.78 is 10.2. The second kappa shape index (κ2) is 8.94. The van der Waals surface area contributed by atoms with Crippen molar-refractivity contribution in [1.29, 1.82) is 0 Å². The van der Waals surface area contributed by atoms with Gasteiger partial charge in [0.15, 0.2) is 0 Å². The lowest BCUT2D eigenvalue weighted by Gasteiger charge is -2.25. The predicted octanol–water partition coefficient (Wildman–Crippen LogP) is 11.2. The molecule has 0 saturated heterocycles. The first-order chi connectivity index (χ1) is 22.8. The second-order valence-corrected chi connectivity index (χ2v) is 13.4. The molecule has 0 bridgehead atoms. The number of nitrogens with zero attached hydrogens (tertiary/aromatic N) is 3. The number of fused-ring (bicyclic) bond motifs is 12. The molecule has 1 unspecified atom stereocenters. The zero-order valence-electron chi connectivity index (χ0n) is 24.8. The highest BCUT2D eigenvalue weighted by Crippen LogP contribution is 2.47. The van der Waals surface area contributed by atoms with E-state index in [0.29, 0.717) is 0 Å². The molecule has 0 saturated carbocycles. The van der Waals surface area contributed by atoms with Gasteiger partial charge in [0.25, 0.3) is 0 Å². The fourth-order valence-corrected chi connectivity index (χ4v) is 9.23. The zero-order valence-corrected chi connectivity index (χ0v) is 25.6. The Morgan fingerprint density at radius 1 is 0.543 bits per heavy atom. The Morgan fingerprint density at radius 2 is 1.28 bits per heavy atom. The number of rotatable bonds is 2. The molecule has 3 aromatic heterocycles. The second-order valence-electron chi connectivity index (χ2n) is 12.3.